The highest BCUT2D eigenvalue weighted by molar-refractivity contribution is 6.12. The largest absolute Gasteiger partial charge is 0.416 e. The number of nitrogens with two attached hydrogens (primary N) is 2. The predicted octanol–water partition coefficient (Wildman–Crippen LogP) is 4.72. The Labute approximate surface area is 243 Å². The third-order valence-corrected chi connectivity index (χ3v) is 7.53. The van der Waals surface area contributed by atoms with Gasteiger partial charge in [0, 0.05) is 37.1 Å². The number of hydrogen-bond acceptors (Lipinski definition) is 6. The average molecular weight is 589 g/mol. The lowest BCUT2D eigenvalue weighted by molar-refractivity contribution is -0.137. The fraction of sp³-hybridized carbons (Fsp3) is 0.200. The molecule has 0 unspecified atom stereocenters. The molecule has 1 aliphatic heterocycles. The number of halogens is 3. The Morgan fingerprint density at radius 1 is 1.00 bits per heavy atom. The molecule has 3 aromatic carbocycles. The second-order valence-electron chi connectivity index (χ2n) is 10.2. The van der Waals surface area contributed by atoms with E-state index in [-0.39, 0.29) is 23.1 Å². The first-order valence-corrected chi connectivity index (χ1v) is 13.5. The maximum atomic E-state index is 13.5. The lowest BCUT2D eigenvalue weighted by atomic mass is 9.99. The summed E-state index contributed by atoms with van der Waals surface area (Å²) in [5.74, 6) is 0.501. The molecule has 0 saturated carbocycles. The number of benzene rings is 3. The molecule has 3 heterocycles. The highest BCUT2D eigenvalue weighted by atomic mass is 19.4. The van der Waals surface area contributed by atoms with Crippen LogP contribution in [0.3, 0.4) is 0 Å². The number of amides is 3. The van der Waals surface area contributed by atoms with Crippen LogP contribution in [0.4, 0.5) is 35.2 Å². The highest BCUT2D eigenvalue weighted by Crippen LogP contribution is 2.41. The molecule has 3 amide bonds. The number of carbonyl (C=O) groups excluding carboxylic acids is 2. The molecule has 5 N–H and O–H groups in total. The first kappa shape index (κ1) is 28.0. The Balaban J connectivity index is 1.53. The van der Waals surface area contributed by atoms with E-state index in [4.69, 9.17) is 16.5 Å². The van der Waals surface area contributed by atoms with Crippen LogP contribution >= 0.6 is 0 Å². The molecule has 5 aromatic rings. The molecule has 0 atom stereocenters. The molecular weight excluding hydrogens is 561 g/mol. The second-order valence-corrected chi connectivity index (χ2v) is 10.2. The summed E-state index contributed by atoms with van der Waals surface area (Å²) in [5.41, 5.74) is 13.3. The van der Waals surface area contributed by atoms with Gasteiger partial charge in [-0.15, -0.1) is 0 Å². The van der Waals surface area contributed by atoms with Crippen molar-refractivity contribution in [2.24, 2.45) is 5.73 Å². The number of nitrogen functional groups attached to an aromatic ring is 1. The number of piperazine rings is 1. The van der Waals surface area contributed by atoms with Crippen molar-refractivity contribution >= 4 is 45.4 Å². The van der Waals surface area contributed by atoms with Crippen molar-refractivity contribution in [2.45, 2.75) is 13.1 Å². The minimum absolute atomic E-state index is 0.0342. The zero-order valence-electron chi connectivity index (χ0n) is 23.0. The number of primary amides is 1. The summed E-state index contributed by atoms with van der Waals surface area (Å²) in [7, 11) is 0. The number of carbonyl (C=O) groups is 2. The van der Waals surface area contributed by atoms with Crippen molar-refractivity contribution < 1.29 is 22.8 Å². The van der Waals surface area contributed by atoms with E-state index in [0.29, 0.717) is 65.2 Å². The number of rotatable bonds is 4. The second kappa shape index (κ2) is 10.6. The lowest BCUT2D eigenvalue weighted by Gasteiger charge is -2.27. The molecule has 1 fully saturated rings. The van der Waals surface area contributed by atoms with Crippen molar-refractivity contribution in [1.29, 1.82) is 0 Å². The molecule has 0 radical (unpaired) electrons. The van der Waals surface area contributed by atoms with E-state index >= 15 is 0 Å². The number of fused-ring (bicyclic) bond motifs is 2. The van der Waals surface area contributed by atoms with Gasteiger partial charge in [0.05, 0.1) is 23.1 Å². The number of hydrogen-bond donors (Lipinski definition) is 3. The van der Waals surface area contributed by atoms with Gasteiger partial charge < -0.3 is 21.7 Å². The van der Waals surface area contributed by atoms with Crippen LogP contribution in [-0.2, 0) is 6.18 Å². The zero-order chi connectivity index (χ0) is 30.5. The van der Waals surface area contributed by atoms with Gasteiger partial charge in [0.2, 0.25) is 0 Å². The first-order chi connectivity index (χ1) is 20.6. The minimum Gasteiger partial charge on any atom is -0.382 e. The van der Waals surface area contributed by atoms with Crippen LogP contribution in [-0.4, -0.2) is 57.4 Å². The standard InChI is InChI=1S/C30H27F3N8O2/c1-17-38-25(26-27(34)37-16-24(40(17)26)28(42)39-13-11-36-12-14-39)22-9-10-23(21-8-3-2-7-20(21)22)41(29(35)43)19-6-4-5-18(15-19)30(31,32)33/h2-10,15-16,36H,11-14H2,1H3,(H2,34,37)(H2,35,43). The topological polar surface area (TPSA) is 135 Å². The van der Waals surface area contributed by atoms with Gasteiger partial charge in [-0.1, -0.05) is 30.3 Å². The van der Waals surface area contributed by atoms with Crippen molar-refractivity contribution in [3.8, 4) is 11.3 Å². The van der Waals surface area contributed by atoms with Crippen molar-refractivity contribution in [1.82, 2.24) is 24.6 Å². The molecule has 43 heavy (non-hydrogen) atoms. The van der Waals surface area contributed by atoms with Gasteiger partial charge in [0.15, 0.2) is 0 Å². The maximum Gasteiger partial charge on any atom is 0.416 e. The fourth-order valence-corrected chi connectivity index (χ4v) is 5.57. The Morgan fingerprint density at radius 3 is 2.42 bits per heavy atom. The summed E-state index contributed by atoms with van der Waals surface area (Å²) >= 11 is 0. The van der Waals surface area contributed by atoms with Crippen molar-refractivity contribution in [2.75, 3.05) is 36.8 Å². The summed E-state index contributed by atoms with van der Waals surface area (Å²) in [5, 5.41) is 4.40. The summed E-state index contributed by atoms with van der Waals surface area (Å²) in [6.07, 6.45) is -3.16. The molecule has 2 aromatic heterocycles. The maximum absolute atomic E-state index is 13.5. The number of aryl methyl sites for hydroxylation is 1. The molecule has 0 bridgehead atoms. The van der Waals surface area contributed by atoms with Gasteiger partial charge in [-0.05, 0) is 42.6 Å². The van der Waals surface area contributed by atoms with Gasteiger partial charge in [-0.3, -0.25) is 14.1 Å². The summed E-state index contributed by atoms with van der Waals surface area (Å²) < 4.78 is 42.2. The molecule has 0 aliphatic carbocycles. The van der Waals surface area contributed by atoms with Crippen LogP contribution in [0.1, 0.15) is 21.9 Å². The third kappa shape index (κ3) is 4.87. The molecule has 10 nitrogen and oxygen atoms in total. The van der Waals surface area contributed by atoms with Crippen LogP contribution in [0.5, 0.6) is 0 Å². The van der Waals surface area contributed by atoms with Crippen LogP contribution < -0.4 is 21.7 Å². The lowest BCUT2D eigenvalue weighted by Crippen LogP contribution is -2.46. The first-order valence-electron chi connectivity index (χ1n) is 13.5. The summed E-state index contributed by atoms with van der Waals surface area (Å²) in [6, 6.07) is 13.8. The average Bonchev–Trinajstić information content (AvgIpc) is 3.35. The molecule has 1 saturated heterocycles. The molecular formula is C30H27F3N8O2. The number of nitrogens with zero attached hydrogens (tertiary/aromatic N) is 5. The van der Waals surface area contributed by atoms with E-state index < -0.39 is 17.8 Å². The smallest absolute Gasteiger partial charge is 0.382 e. The zero-order valence-corrected chi connectivity index (χ0v) is 23.0. The van der Waals surface area contributed by atoms with Gasteiger partial charge in [0.25, 0.3) is 5.91 Å². The Morgan fingerprint density at radius 2 is 1.72 bits per heavy atom. The van der Waals surface area contributed by atoms with Crippen LogP contribution in [0.25, 0.3) is 27.5 Å². The van der Waals surface area contributed by atoms with Gasteiger partial charge in [0.1, 0.15) is 28.5 Å². The van der Waals surface area contributed by atoms with E-state index in [2.05, 4.69) is 10.3 Å². The highest BCUT2D eigenvalue weighted by Gasteiger charge is 2.32. The summed E-state index contributed by atoms with van der Waals surface area (Å²) in [6.45, 7) is 4.25. The normalized spacial score (nSPS) is 13.9. The van der Waals surface area contributed by atoms with E-state index in [1.54, 1.807) is 52.6 Å². The quantitative estimate of drug-likeness (QED) is 0.278. The van der Waals surface area contributed by atoms with Crippen molar-refractivity contribution in [3.05, 3.63) is 83.9 Å². The number of anilines is 3. The Kier molecular flexibility index (Phi) is 6.89. The van der Waals surface area contributed by atoms with Crippen LogP contribution in [0, 0.1) is 6.92 Å². The number of urea groups is 1. The fourth-order valence-electron chi connectivity index (χ4n) is 5.57. The molecule has 13 heteroatoms. The van der Waals surface area contributed by atoms with E-state index in [1.807, 2.05) is 0 Å². The van der Waals surface area contributed by atoms with Crippen molar-refractivity contribution in [3.63, 3.8) is 0 Å². The minimum atomic E-state index is -4.61. The van der Waals surface area contributed by atoms with E-state index in [0.717, 1.165) is 17.0 Å². The van der Waals surface area contributed by atoms with Gasteiger partial charge in [-0.2, -0.15) is 13.2 Å². The van der Waals surface area contributed by atoms with Gasteiger partial charge >= 0.3 is 12.2 Å². The number of nitrogens with one attached hydrogen (secondary N) is 1. The number of aromatic nitrogens is 3. The van der Waals surface area contributed by atoms with Crippen LogP contribution in [0.15, 0.2) is 66.9 Å². The predicted molar refractivity (Wildman–Crippen MR) is 157 cm³/mol. The monoisotopic (exact) mass is 588 g/mol. The Bertz CT molecular complexity index is 1900. The molecule has 6 rings (SSSR count). The SMILES string of the molecule is Cc1nc(-c2ccc(N(C(N)=O)c3cccc(C(F)(F)F)c3)c3ccccc23)c2c(N)ncc(C(=O)N3CCNCC3)n12. The van der Waals surface area contributed by atoms with E-state index in [9.17, 15) is 22.8 Å². The molecule has 220 valence electrons. The van der Waals surface area contributed by atoms with Gasteiger partial charge in [-0.25, -0.2) is 14.8 Å². The third-order valence-electron chi connectivity index (χ3n) is 7.53. The molecule has 1 aliphatic rings. The number of imidazole rings is 1. The summed E-state index contributed by atoms with van der Waals surface area (Å²) in [4.78, 5) is 38.1. The Hall–Kier alpha value is -5.17. The van der Waals surface area contributed by atoms with E-state index in [1.165, 1.54) is 18.3 Å². The van der Waals surface area contributed by atoms with Crippen LogP contribution in [0.2, 0.25) is 0 Å². The molecule has 0 spiro atoms. The number of alkyl halides is 3.